The van der Waals surface area contributed by atoms with E-state index in [9.17, 15) is 8.78 Å². The molecule has 0 radical (unpaired) electrons. The lowest BCUT2D eigenvalue weighted by Gasteiger charge is -2.03. The highest BCUT2D eigenvalue weighted by Crippen LogP contribution is 2.12. The summed E-state index contributed by atoms with van der Waals surface area (Å²) in [7, 11) is 0. The first-order valence-electron chi connectivity index (χ1n) is 5.66. The first-order valence-corrected chi connectivity index (χ1v) is 5.66. The molecule has 2 aromatic heterocycles. The zero-order valence-corrected chi connectivity index (χ0v) is 10.2. The Bertz CT molecular complexity index is 457. The maximum Gasteiger partial charge on any atom is 0.333 e. The van der Waals surface area contributed by atoms with Crippen molar-refractivity contribution in [1.82, 2.24) is 19.6 Å². The molecule has 0 saturated carbocycles. The van der Waals surface area contributed by atoms with Crippen LogP contribution in [0.15, 0.2) is 24.7 Å². The van der Waals surface area contributed by atoms with E-state index in [2.05, 4.69) is 15.5 Å². The minimum Gasteiger partial charge on any atom is -0.364 e. The van der Waals surface area contributed by atoms with E-state index in [1.807, 2.05) is 24.7 Å². The smallest absolute Gasteiger partial charge is 0.333 e. The molecule has 2 heterocycles. The Labute approximate surface area is 103 Å². The molecular formula is C11H15F2N5. The molecule has 0 atom stereocenters. The van der Waals surface area contributed by atoms with Crippen molar-refractivity contribution in [3.8, 4) is 0 Å². The minimum absolute atomic E-state index is 0.303. The molecule has 0 unspecified atom stereocenters. The van der Waals surface area contributed by atoms with Crippen LogP contribution in [0, 0.1) is 0 Å². The molecule has 0 aliphatic rings. The molecule has 2 rings (SSSR count). The van der Waals surface area contributed by atoms with Crippen molar-refractivity contribution in [2.24, 2.45) is 0 Å². The highest BCUT2D eigenvalue weighted by molar-refractivity contribution is 5.33. The lowest BCUT2D eigenvalue weighted by molar-refractivity contribution is 0.0569. The Morgan fingerprint density at radius 3 is 2.67 bits per heavy atom. The van der Waals surface area contributed by atoms with Crippen molar-refractivity contribution in [2.75, 3.05) is 5.32 Å². The molecule has 98 valence electrons. The van der Waals surface area contributed by atoms with E-state index >= 15 is 0 Å². The van der Waals surface area contributed by atoms with Crippen LogP contribution in [0.1, 0.15) is 32.0 Å². The first-order chi connectivity index (χ1) is 8.56. The average molecular weight is 255 g/mol. The summed E-state index contributed by atoms with van der Waals surface area (Å²) < 4.78 is 27.0. The van der Waals surface area contributed by atoms with E-state index in [4.69, 9.17) is 0 Å². The number of nitrogens with one attached hydrogen (secondary N) is 1. The average Bonchev–Trinajstić information content (AvgIpc) is 2.95. The number of anilines is 1. The first kappa shape index (κ1) is 12.5. The summed E-state index contributed by atoms with van der Waals surface area (Å²) in [6.07, 6.45) is 4.91. The summed E-state index contributed by atoms with van der Waals surface area (Å²) in [5, 5.41) is 10.9. The second kappa shape index (κ2) is 5.16. The lowest BCUT2D eigenvalue weighted by Crippen LogP contribution is -2.03. The number of halogens is 2. The van der Waals surface area contributed by atoms with Crippen LogP contribution in [0.5, 0.6) is 0 Å². The molecule has 0 saturated heterocycles. The predicted molar refractivity (Wildman–Crippen MR) is 63.4 cm³/mol. The normalized spacial score (nSPS) is 11.4. The molecule has 18 heavy (non-hydrogen) atoms. The number of aromatic nitrogens is 4. The van der Waals surface area contributed by atoms with Gasteiger partial charge in [0.25, 0.3) is 0 Å². The fourth-order valence-electron chi connectivity index (χ4n) is 1.48. The number of rotatable bonds is 5. The Morgan fingerprint density at radius 1 is 1.33 bits per heavy atom. The van der Waals surface area contributed by atoms with Crippen molar-refractivity contribution in [3.63, 3.8) is 0 Å². The van der Waals surface area contributed by atoms with Crippen molar-refractivity contribution < 1.29 is 8.78 Å². The van der Waals surface area contributed by atoms with E-state index in [0.29, 0.717) is 23.1 Å². The van der Waals surface area contributed by atoms with Crippen LogP contribution in [0.2, 0.25) is 0 Å². The lowest BCUT2D eigenvalue weighted by atomic mass is 10.3. The summed E-state index contributed by atoms with van der Waals surface area (Å²) in [6.45, 7) is 1.97. The minimum atomic E-state index is -2.61. The molecule has 0 fully saturated rings. The zero-order valence-electron chi connectivity index (χ0n) is 10.2. The van der Waals surface area contributed by atoms with Gasteiger partial charge in [-0.15, -0.1) is 0 Å². The second-order valence-electron chi connectivity index (χ2n) is 4.23. The van der Waals surface area contributed by atoms with Crippen LogP contribution < -0.4 is 5.32 Å². The number of nitrogens with zero attached hydrogens (tertiary/aromatic N) is 4. The topological polar surface area (TPSA) is 47.7 Å². The highest BCUT2D eigenvalue weighted by Gasteiger charge is 2.07. The Kier molecular flexibility index (Phi) is 3.59. The monoisotopic (exact) mass is 255 g/mol. The Balaban J connectivity index is 1.93. The van der Waals surface area contributed by atoms with Crippen LogP contribution in [-0.2, 0) is 6.54 Å². The van der Waals surface area contributed by atoms with E-state index in [0.717, 1.165) is 5.56 Å². The third-order valence-electron chi connectivity index (χ3n) is 2.47. The van der Waals surface area contributed by atoms with Gasteiger partial charge in [-0.1, -0.05) is 0 Å². The molecular weight excluding hydrogens is 240 g/mol. The summed E-state index contributed by atoms with van der Waals surface area (Å²) in [5.41, 5.74) is 0.982. The SMILES string of the molecule is CC(C)n1cc(CNc2ccn(C(F)F)n2)cn1. The molecule has 0 spiro atoms. The van der Waals surface area contributed by atoms with E-state index < -0.39 is 6.55 Å². The Morgan fingerprint density at radius 2 is 2.11 bits per heavy atom. The molecule has 2 aromatic rings. The number of hydrogen-bond donors (Lipinski definition) is 1. The summed E-state index contributed by atoms with van der Waals surface area (Å²) in [4.78, 5) is 0. The van der Waals surface area contributed by atoms with Crippen LogP contribution in [-0.4, -0.2) is 19.6 Å². The van der Waals surface area contributed by atoms with Gasteiger partial charge in [0.2, 0.25) is 0 Å². The van der Waals surface area contributed by atoms with Gasteiger partial charge in [-0.05, 0) is 13.8 Å². The van der Waals surface area contributed by atoms with Crippen molar-refractivity contribution in [1.29, 1.82) is 0 Å². The van der Waals surface area contributed by atoms with Gasteiger partial charge in [0, 0.05) is 36.6 Å². The molecule has 0 amide bonds. The van der Waals surface area contributed by atoms with Gasteiger partial charge in [-0.3, -0.25) is 4.68 Å². The second-order valence-corrected chi connectivity index (χ2v) is 4.23. The van der Waals surface area contributed by atoms with Gasteiger partial charge in [-0.25, -0.2) is 4.68 Å². The summed E-state index contributed by atoms with van der Waals surface area (Å²) in [6, 6.07) is 1.82. The van der Waals surface area contributed by atoms with Crippen molar-refractivity contribution in [2.45, 2.75) is 33.0 Å². The van der Waals surface area contributed by atoms with Gasteiger partial charge < -0.3 is 5.32 Å². The van der Waals surface area contributed by atoms with E-state index in [1.165, 1.54) is 12.3 Å². The van der Waals surface area contributed by atoms with Crippen LogP contribution in [0.4, 0.5) is 14.6 Å². The molecule has 1 N–H and O–H groups in total. The standard InChI is InChI=1S/C11H15F2N5/c1-8(2)18-7-9(6-15-18)5-14-10-3-4-17(16-10)11(12)13/h3-4,6-8,11H,5H2,1-2H3,(H,14,16). The molecule has 5 nitrogen and oxygen atoms in total. The number of alkyl halides is 2. The molecule has 0 bridgehead atoms. The van der Waals surface area contributed by atoms with Crippen LogP contribution >= 0.6 is 0 Å². The zero-order chi connectivity index (χ0) is 13.1. The van der Waals surface area contributed by atoms with Crippen LogP contribution in [0.25, 0.3) is 0 Å². The fourth-order valence-corrected chi connectivity index (χ4v) is 1.48. The van der Waals surface area contributed by atoms with Crippen molar-refractivity contribution in [3.05, 3.63) is 30.2 Å². The quantitative estimate of drug-likeness (QED) is 0.893. The van der Waals surface area contributed by atoms with Gasteiger partial charge in [-0.2, -0.15) is 19.0 Å². The molecule has 0 aliphatic carbocycles. The Hall–Kier alpha value is -1.92. The van der Waals surface area contributed by atoms with Crippen molar-refractivity contribution >= 4 is 5.82 Å². The largest absolute Gasteiger partial charge is 0.364 e. The maximum absolute atomic E-state index is 12.3. The summed E-state index contributed by atoms with van der Waals surface area (Å²) >= 11 is 0. The third kappa shape index (κ3) is 2.85. The maximum atomic E-state index is 12.3. The van der Waals surface area contributed by atoms with Gasteiger partial charge in [0.15, 0.2) is 0 Å². The third-order valence-corrected chi connectivity index (χ3v) is 2.47. The van der Waals surface area contributed by atoms with E-state index in [-0.39, 0.29) is 0 Å². The van der Waals surface area contributed by atoms with Gasteiger partial charge in [0.05, 0.1) is 6.20 Å². The predicted octanol–water partition coefficient (Wildman–Crippen LogP) is 2.67. The fraction of sp³-hybridized carbons (Fsp3) is 0.455. The van der Waals surface area contributed by atoms with Crippen LogP contribution in [0.3, 0.4) is 0 Å². The number of hydrogen-bond acceptors (Lipinski definition) is 3. The highest BCUT2D eigenvalue weighted by atomic mass is 19.3. The molecule has 0 aliphatic heterocycles. The van der Waals surface area contributed by atoms with Gasteiger partial charge >= 0.3 is 6.55 Å². The van der Waals surface area contributed by atoms with E-state index in [1.54, 1.807) is 6.20 Å². The molecule has 0 aromatic carbocycles. The molecule has 7 heteroatoms. The van der Waals surface area contributed by atoms with Gasteiger partial charge in [0.1, 0.15) is 5.82 Å². The summed E-state index contributed by atoms with van der Waals surface area (Å²) in [5.74, 6) is 0.424.